The summed E-state index contributed by atoms with van der Waals surface area (Å²) in [4.78, 5) is 4.51. The maximum Gasteiger partial charge on any atom is 0.221 e. The van der Waals surface area contributed by atoms with Gasteiger partial charge in [-0.05, 0) is 18.4 Å². The fourth-order valence-electron chi connectivity index (χ4n) is 2.91. The summed E-state index contributed by atoms with van der Waals surface area (Å²) in [6.45, 7) is 15.4. The zero-order chi connectivity index (χ0) is 17.3. The monoisotopic (exact) mass is 317 g/mol. The van der Waals surface area contributed by atoms with Crippen LogP contribution in [0.2, 0.25) is 0 Å². The molecule has 0 spiro atoms. The van der Waals surface area contributed by atoms with Crippen LogP contribution in [0.3, 0.4) is 0 Å². The lowest BCUT2D eigenvalue weighted by Crippen LogP contribution is -2.37. The van der Waals surface area contributed by atoms with Gasteiger partial charge in [-0.15, -0.1) is 0 Å². The van der Waals surface area contributed by atoms with Crippen LogP contribution in [0.4, 0.5) is 0 Å². The summed E-state index contributed by atoms with van der Waals surface area (Å²) in [6, 6.07) is -0.0321. The minimum atomic E-state index is -0.0321. The van der Waals surface area contributed by atoms with Crippen molar-refractivity contribution in [1.29, 1.82) is 0 Å². The molecule has 0 aromatic carbocycles. The van der Waals surface area contributed by atoms with Gasteiger partial charge in [0.25, 0.3) is 0 Å². The molecule has 6 nitrogen and oxygen atoms in total. The molecule has 23 heavy (non-hydrogen) atoms. The van der Waals surface area contributed by atoms with Crippen LogP contribution in [0.25, 0.3) is 5.70 Å². The number of ether oxygens (including phenoxy) is 1. The molecule has 0 radical (unpaired) electrons. The average Bonchev–Trinajstić information content (AvgIpc) is 2.97. The molecule has 0 fully saturated rings. The number of fused-ring (bicyclic) bond motifs is 1. The highest BCUT2D eigenvalue weighted by molar-refractivity contribution is 6.10. The van der Waals surface area contributed by atoms with Gasteiger partial charge < -0.3 is 16.2 Å². The van der Waals surface area contributed by atoms with Crippen LogP contribution in [0.1, 0.15) is 39.0 Å². The molecule has 0 saturated carbocycles. The zero-order valence-electron chi connectivity index (χ0n) is 14.7. The minimum Gasteiger partial charge on any atom is -0.476 e. The quantitative estimate of drug-likeness (QED) is 0.875. The van der Waals surface area contributed by atoms with Crippen molar-refractivity contribution in [3.8, 4) is 5.88 Å². The highest BCUT2D eigenvalue weighted by Crippen LogP contribution is 2.41. The van der Waals surface area contributed by atoms with Crippen molar-refractivity contribution in [2.45, 2.75) is 47.2 Å². The van der Waals surface area contributed by atoms with E-state index in [-0.39, 0.29) is 12.0 Å². The second kappa shape index (κ2) is 6.58. The fourth-order valence-corrected chi connectivity index (χ4v) is 2.91. The van der Waals surface area contributed by atoms with Crippen LogP contribution in [0.5, 0.6) is 5.88 Å². The molecule has 0 aliphatic carbocycles. The fraction of sp³-hybridized carbons (Fsp3) is 0.529. The largest absolute Gasteiger partial charge is 0.476 e. The third kappa shape index (κ3) is 2.91. The number of rotatable bonds is 2. The average molecular weight is 317 g/mol. The molecule has 3 heterocycles. The van der Waals surface area contributed by atoms with Gasteiger partial charge in [0, 0.05) is 5.57 Å². The van der Waals surface area contributed by atoms with E-state index in [2.05, 4.69) is 30.5 Å². The summed E-state index contributed by atoms with van der Waals surface area (Å²) in [6.07, 6.45) is 0. The third-order valence-electron chi connectivity index (χ3n) is 3.86. The Labute approximate surface area is 137 Å². The van der Waals surface area contributed by atoms with Crippen molar-refractivity contribution < 1.29 is 4.74 Å². The van der Waals surface area contributed by atoms with Gasteiger partial charge in [0.1, 0.15) is 12.4 Å². The molecular weight excluding hydrogens is 290 g/mol. The van der Waals surface area contributed by atoms with E-state index in [1.807, 2.05) is 25.5 Å². The van der Waals surface area contributed by atoms with Crippen molar-refractivity contribution in [2.24, 2.45) is 22.4 Å². The van der Waals surface area contributed by atoms with E-state index >= 15 is 0 Å². The predicted octanol–water partition coefficient (Wildman–Crippen LogP) is 2.23. The molecule has 126 valence electrons. The summed E-state index contributed by atoms with van der Waals surface area (Å²) in [7, 11) is 0. The maximum atomic E-state index is 5.97. The van der Waals surface area contributed by atoms with Crippen molar-refractivity contribution in [3.05, 3.63) is 29.0 Å². The highest BCUT2D eigenvalue weighted by atomic mass is 16.5. The molecule has 1 atom stereocenters. The van der Waals surface area contributed by atoms with Crippen LogP contribution < -0.4 is 16.2 Å². The van der Waals surface area contributed by atoms with E-state index in [9.17, 15) is 0 Å². The second-order valence-corrected chi connectivity index (χ2v) is 5.91. The molecule has 1 unspecified atom stereocenters. The number of hydrogen-bond acceptors (Lipinski definition) is 5. The molecule has 0 amide bonds. The summed E-state index contributed by atoms with van der Waals surface area (Å²) in [5, 5.41) is 4.53. The van der Waals surface area contributed by atoms with E-state index in [0.29, 0.717) is 19.0 Å². The van der Waals surface area contributed by atoms with Gasteiger partial charge in [0.2, 0.25) is 5.88 Å². The van der Waals surface area contributed by atoms with Crippen LogP contribution in [0.15, 0.2) is 22.7 Å². The highest BCUT2D eigenvalue weighted by Gasteiger charge is 2.31. The smallest absolute Gasteiger partial charge is 0.221 e. The van der Waals surface area contributed by atoms with Crippen molar-refractivity contribution in [3.63, 3.8) is 0 Å². The molecule has 2 aliphatic heterocycles. The molecule has 2 aliphatic rings. The summed E-state index contributed by atoms with van der Waals surface area (Å²) < 4.78 is 7.62. The van der Waals surface area contributed by atoms with Gasteiger partial charge in [0.15, 0.2) is 0 Å². The second-order valence-electron chi connectivity index (χ2n) is 5.91. The van der Waals surface area contributed by atoms with Gasteiger partial charge in [-0.2, -0.15) is 5.10 Å². The first-order chi connectivity index (χ1) is 10.9. The first-order valence-electron chi connectivity index (χ1n) is 8.14. The topological polar surface area (TPSA) is 91.4 Å². The number of aromatic nitrogens is 2. The lowest BCUT2D eigenvalue weighted by Gasteiger charge is -2.21. The Balaban J connectivity index is 0.000000924. The number of hydrogen-bond donors (Lipinski definition) is 2. The zero-order valence-corrected chi connectivity index (χ0v) is 14.7. The Morgan fingerprint density at radius 2 is 2.00 bits per heavy atom. The Morgan fingerprint density at radius 1 is 1.35 bits per heavy atom. The van der Waals surface area contributed by atoms with E-state index in [1.54, 1.807) is 0 Å². The number of aliphatic imine (C=N–C) groups is 1. The van der Waals surface area contributed by atoms with Crippen LogP contribution in [-0.4, -0.2) is 28.3 Å². The first-order valence-corrected chi connectivity index (χ1v) is 8.14. The van der Waals surface area contributed by atoms with Crippen LogP contribution in [0, 0.1) is 12.8 Å². The SMILES string of the molecule is C=C1C(N)=NC(c2c(C)nn3c2OCC(N)C3)=C1C(C)C.CC. The van der Waals surface area contributed by atoms with Gasteiger partial charge in [-0.1, -0.05) is 34.3 Å². The van der Waals surface area contributed by atoms with Gasteiger partial charge in [-0.25, -0.2) is 9.67 Å². The Hall–Kier alpha value is -2.08. The van der Waals surface area contributed by atoms with E-state index in [0.717, 1.165) is 34.0 Å². The van der Waals surface area contributed by atoms with Crippen LogP contribution >= 0.6 is 0 Å². The van der Waals surface area contributed by atoms with Crippen molar-refractivity contribution in [1.82, 2.24) is 9.78 Å². The Kier molecular flexibility index (Phi) is 4.94. The van der Waals surface area contributed by atoms with Gasteiger partial charge in [-0.3, -0.25) is 0 Å². The summed E-state index contributed by atoms with van der Waals surface area (Å²) >= 11 is 0. The predicted molar refractivity (Wildman–Crippen MR) is 94.3 cm³/mol. The molecule has 4 N–H and O–H groups in total. The molecular formula is C17H27N5O. The van der Waals surface area contributed by atoms with Gasteiger partial charge in [0.05, 0.1) is 29.5 Å². The third-order valence-corrected chi connectivity index (χ3v) is 3.86. The lowest BCUT2D eigenvalue weighted by atomic mass is 9.93. The number of nitrogens with zero attached hydrogens (tertiary/aromatic N) is 3. The van der Waals surface area contributed by atoms with E-state index in [4.69, 9.17) is 16.2 Å². The molecule has 0 saturated heterocycles. The number of amidine groups is 1. The maximum absolute atomic E-state index is 5.97. The number of aryl methyl sites for hydroxylation is 1. The van der Waals surface area contributed by atoms with Crippen LogP contribution in [-0.2, 0) is 6.54 Å². The molecule has 1 aromatic rings. The minimum absolute atomic E-state index is 0.0321. The van der Waals surface area contributed by atoms with E-state index in [1.165, 1.54) is 0 Å². The summed E-state index contributed by atoms with van der Waals surface area (Å²) in [5.74, 6) is 1.48. The molecule has 0 bridgehead atoms. The normalized spacial score (nSPS) is 20.0. The van der Waals surface area contributed by atoms with Crippen molar-refractivity contribution in [2.75, 3.05) is 6.61 Å². The number of nitrogens with two attached hydrogens (primary N) is 2. The Morgan fingerprint density at radius 3 is 2.61 bits per heavy atom. The standard InChI is InChI=1S/C15H21N5O.C2H6/c1-7(2)11-8(3)14(17)18-13(11)12-9(4)19-20-5-10(16)6-21-15(12)20;1-2/h7,10H,3,5-6,16H2,1-2,4H3,(H2,17,18);1-2H3. The van der Waals surface area contributed by atoms with Gasteiger partial charge >= 0.3 is 0 Å². The molecule has 6 heteroatoms. The lowest BCUT2D eigenvalue weighted by molar-refractivity contribution is 0.205. The molecule has 1 aromatic heterocycles. The Bertz CT molecular complexity index is 681. The first kappa shape index (κ1) is 17.3. The summed E-state index contributed by atoms with van der Waals surface area (Å²) in [5.41, 5.74) is 16.4. The molecule has 3 rings (SSSR count). The van der Waals surface area contributed by atoms with Crippen molar-refractivity contribution >= 4 is 11.5 Å². The van der Waals surface area contributed by atoms with E-state index < -0.39 is 0 Å².